The fraction of sp³-hybridized carbons (Fsp3) is 0.500. The van der Waals surface area contributed by atoms with Gasteiger partial charge in [0.2, 0.25) is 10.0 Å². The molecule has 1 aromatic heterocycles. The van der Waals surface area contributed by atoms with Crippen LogP contribution in [0.1, 0.15) is 19.4 Å². The number of nitrogens with one attached hydrogen (secondary N) is 1. The molecule has 0 spiro atoms. The van der Waals surface area contributed by atoms with Crippen LogP contribution in [0.15, 0.2) is 22.9 Å². The van der Waals surface area contributed by atoms with Crippen LogP contribution in [0, 0.1) is 0 Å². The highest BCUT2D eigenvalue weighted by molar-refractivity contribution is 9.10. The predicted molar refractivity (Wildman–Crippen MR) is 76.6 cm³/mol. The van der Waals surface area contributed by atoms with Crippen LogP contribution in [-0.2, 0) is 26.4 Å². The van der Waals surface area contributed by atoms with E-state index in [1.54, 1.807) is 12.3 Å². The Morgan fingerprint density at radius 3 is 2.47 bits per heavy atom. The van der Waals surface area contributed by atoms with Gasteiger partial charge in [0.15, 0.2) is 14.4 Å². The molecule has 0 bridgehead atoms. The van der Waals surface area contributed by atoms with Crippen LogP contribution in [0.3, 0.4) is 0 Å². The largest absolute Gasteiger partial charge is 0.263 e. The van der Waals surface area contributed by atoms with Gasteiger partial charge in [-0.2, -0.15) is 0 Å². The fourth-order valence-corrected chi connectivity index (χ4v) is 4.92. The molecule has 0 radical (unpaired) electrons. The standard InChI is InChI=1S/C10H15BrN2O4S2/c1-3-18(14,15)8(2)19(16,17)13-6-9-4-10(11)7-12-5-9/h4-5,7-8,13H,3,6H2,1-2H3. The summed E-state index contributed by atoms with van der Waals surface area (Å²) < 4.78 is 48.4. The molecule has 19 heavy (non-hydrogen) atoms. The molecular formula is C10H15BrN2O4S2. The van der Waals surface area contributed by atoms with Crippen molar-refractivity contribution in [3.63, 3.8) is 0 Å². The molecule has 0 fully saturated rings. The van der Waals surface area contributed by atoms with Crippen LogP contribution in [-0.4, -0.2) is 32.2 Å². The van der Waals surface area contributed by atoms with Crippen molar-refractivity contribution in [1.82, 2.24) is 9.71 Å². The maximum absolute atomic E-state index is 11.9. The number of sulfone groups is 1. The molecule has 0 aliphatic rings. The topological polar surface area (TPSA) is 93.2 Å². The maximum Gasteiger partial charge on any atom is 0.229 e. The number of aromatic nitrogens is 1. The van der Waals surface area contributed by atoms with Crippen molar-refractivity contribution >= 4 is 35.8 Å². The number of hydrogen-bond donors (Lipinski definition) is 1. The van der Waals surface area contributed by atoms with Crippen molar-refractivity contribution in [3.05, 3.63) is 28.5 Å². The van der Waals surface area contributed by atoms with Gasteiger partial charge < -0.3 is 0 Å². The third kappa shape index (κ3) is 4.51. The van der Waals surface area contributed by atoms with Gasteiger partial charge in [-0.15, -0.1) is 0 Å². The van der Waals surface area contributed by atoms with E-state index >= 15 is 0 Å². The van der Waals surface area contributed by atoms with Gasteiger partial charge >= 0.3 is 0 Å². The van der Waals surface area contributed by atoms with Crippen LogP contribution in [0.2, 0.25) is 0 Å². The quantitative estimate of drug-likeness (QED) is 0.807. The molecule has 1 atom stereocenters. The summed E-state index contributed by atoms with van der Waals surface area (Å²) in [4.78, 5) is 3.89. The first-order chi connectivity index (χ1) is 8.69. The molecule has 0 saturated heterocycles. The summed E-state index contributed by atoms with van der Waals surface area (Å²) in [6.07, 6.45) is 3.08. The Bertz CT molecular complexity index is 643. The summed E-state index contributed by atoms with van der Waals surface area (Å²) >= 11 is 3.22. The molecule has 0 amide bonds. The minimum absolute atomic E-state index is 0.00164. The molecule has 1 N–H and O–H groups in total. The predicted octanol–water partition coefficient (Wildman–Crippen LogP) is 1.04. The highest BCUT2D eigenvalue weighted by atomic mass is 79.9. The molecule has 0 aliphatic heterocycles. The van der Waals surface area contributed by atoms with Crippen LogP contribution >= 0.6 is 15.9 Å². The summed E-state index contributed by atoms with van der Waals surface area (Å²) in [5.74, 6) is -0.215. The zero-order valence-electron chi connectivity index (χ0n) is 10.5. The van der Waals surface area contributed by atoms with Crippen LogP contribution in [0.25, 0.3) is 0 Å². The zero-order valence-corrected chi connectivity index (χ0v) is 13.7. The lowest BCUT2D eigenvalue weighted by Gasteiger charge is -2.13. The average molecular weight is 371 g/mol. The van der Waals surface area contributed by atoms with E-state index in [9.17, 15) is 16.8 Å². The highest BCUT2D eigenvalue weighted by Gasteiger charge is 2.31. The van der Waals surface area contributed by atoms with Gasteiger partial charge in [-0.05, 0) is 34.5 Å². The molecule has 1 aromatic rings. The summed E-state index contributed by atoms with van der Waals surface area (Å²) in [6, 6.07) is 1.70. The average Bonchev–Trinajstić information content (AvgIpc) is 2.35. The first kappa shape index (κ1) is 16.5. The Hall–Kier alpha value is -0.510. The number of nitrogens with zero attached hydrogens (tertiary/aromatic N) is 1. The lowest BCUT2D eigenvalue weighted by Crippen LogP contribution is -2.37. The minimum atomic E-state index is -3.92. The Morgan fingerprint density at radius 2 is 1.95 bits per heavy atom. The second-order valence-electron chi connectivity index (χ2n) is 3.90. The highest BCUT2D eigenvalue weighted by Crippen LogP contribution is 2.12. The van der Waals surface area contributed by atoms with Crippen molar-refractivity contribution in [2.75, 3.05) is 5.75 Å². The maximum atomic E-state index is 11.9. The molecule has 6 nitrogen and oxygen atoms in total. The van der Waals surface area contributed by atoms with Gasteiger partial charge in [0.05, 0.1) is 0 Å². The molecule has 1 rings (SSSR count). The summed E-state index contributed by atoms with van der Waals surface area (Å²) in [5.41, 5.74) is 0.638. The van der Waals surface area contributed by atoms with E-state index in [1.807, 2.05) is 0 Å². The second kappa shape index (κ2) is 6.29. The molecule has 9 heteroatoms. The molecular weight excluding hydrogens is 356 g/mol. The smallest absolute Gasteiger partial charge is 0.229 e. The third-order valence-corrected chi connectivity index (χ3v) is 7.89. The molecule has 0 aromatic carbocycles. The van der Waals surface area contributed by atoms with Crippen molar-refractivity contribution in [2.24, 2.45) is 0 Å². The molecule has 108 valence electrons. The lowest BCUT2D eigenvalue weighted by atomic mass is 10.3. The normalized spacial score (nSPS) is 14.3. The number of sulfonamides is 1. The van der Waals surface area contributed by atoms with Crippen molar-refractivity contribution < 1.29 is 16.8 Å². The van der Waals surface area contributed by atoms with Crippen LogP contribution in [0.4, 0.5) is 0 Å². The summed E-state index contributed by atoms with van der Waals surface area (Å²) in [6.45, 7) is 2.58. The van der Waals surface area contributed by atoms with E-state index in [0.29, 0.717) is 5.56 Å². The first-order valence-electron chi connectivity index (χ1n) is 5.48. The number of pyridine rings is 1. The Morgan fingerprint density at radius 1 is 1.32 bits per heavy atom. The molecule has 0 aliphatic carbocycles. The van der Waals surface area contributed by atoms with Gasteiger partial charge in [-0.25, -0.2) is 21.6 Å². The fourth-order valence-electron chi connectivity index (χ4n) is 1.28. The number of hydrogen-bond acceptors (Lipinski definition) is 5. The Labute approximate surface area is 121 Å². The van der Waals surface area contributed by atoms with Crippen molar-refractivity contribution in [1.29, 1.82) is 0 Å². The molecule has 0 saturated carbocycles. The van der Waals surface area contributed by atoms with E-state index in [4.69, 9.17) is 0 Å². The monoisotopic (exact) mass is 370 g/mol. The Balaban J connectivity index is 2.82. The van der Waals surface area contributed by atoms with Gasteiger partial charge in [0.25, 0.3) is 0 Å². The summed E-state index contributed by atoms with van der Waals surface area (Å²) in [5, 5.41) is 0. The van der Waals surface area contributed by atoms with E-state index in [1.165, 1.54) is 20.0 Å². The van der Waals surface area contributed by atoms with Gasteiger partial charge in [-0.1, -0.05) is 6.92 Å². The SMILES string of the molecule is CCS(=O)(=O)C(C)S(=O)(=O)NCc1cncc(Br)c1. The minimum Gasteiger partial charge on any atom is -0.263 e. The first-order valence-corrected chi connectivity index (χ1v) is 9.54. The van der Waals surface area contributed by atoms with Gasteiger partial charge in [0, 0.05) is 29.2 Å². The number of rotatable bonds is 6. The van der Waals surface area contributed by atoms with E-state index in [0.717, 1.165) is 4.47 Å². The Kier molecular flexibility index (Phi) is 5.48. The third-order valence-electron chi connectivity index (χ3n) is 2.58. The number of halogens is 1. The van der Waals surface area contributed by atoms with Crippen LogP contribution in [0.5, 0.6) is 0 Å². The van der Waals surface area contributed by atoms with Crippen LogP contribution < -0.4 is 4.72 Å². The molecule has 1 unspecified atom stereocenters. The lowest BCUT2D eigenvalue weighted by molar-refractivity contribution is 0.568. The van der Waals surface area contributed by atoms with E-state index in [-0.39, 0.29) is 12.3 Å². The zero-order chi connectivity index (χ0) is 14.7. The van der Waals surface area contributed by atoms with Gasteiger partial charge in [-0.3, -0.25) is 4.98 Å². The second-order valence-corrected chi connectivity index (χ2v) is 9.81. The molecule has 1 heterocycles. The van der Waals surface area contributed by atoms with Gasteiger partial charge in [0.1, 0.15) is 0 Å². The summed E-state index contributed by atoms with van der Waals surface area (Å²) in [7, 11) is -7.57. The van der Waals surface area contributed by atoms with Crippen molar-refractivity contribution in [2.45, 2.75) is 25.0 Å². The van der Waals surface area contributed by atoms with E-state index in [2.05, 4.69) is 25.6 Å². The van der Waals surface area contributed by atoms with E-state index < -0.39 is 24.4 Å². The van der Waals surface area contributed by atoms with Crippen molar-refractivity contribution in [3.8, 4) is 0 Å².